The van der Waals surface area contributed by atoms with Crippen LogP contribution >= 0.6 is 11.6 Å². The lowest BCUT2D eigenvalue weighted by Crippen LogP contribution is -2.04. The van der Waals surface area contributed by atoms with Crippen molar-refractivity contribution in [2.45, 2.75) is 0 Å². The number of halogens is 1. The average molecular weight is 186 g/mol. The molecule has 1 aliphatic heterocycles. The van der Waals surface area contributed by atoms with Crippen LogP contribution in [-0.4, -0.2) is 35.1 Å². The van der Waals surface area contributed by atoms with Crippen LogP contribution in [0.1, 0.15) is 0 Å². The van der Waals surface area contributed by atoms with Crippen molar-refractivity contribution in [3.63, 3.8) is 0 Å². The maximum absolute atomic E-state index is 5.67. The van der Waals surface area contributed by atoms with Gasteiger partial charge in [0.2, 0.25) is 17.2 Å². The SMILES string of the molecule is CNc1nc(Cl)nc(N2CC2)n1. The second-order valence-electron chi connectivity index (χ2n) is 2.47. The van der Waals surface area contributed by atoms with Gasteiger partial charge in [0.15, 0.2) is 0 Å². The summed E-state index contributed by atoms with van der Waals surface area (Å²) in [5, 5.41) is 3.05. The standard InChI is InChI=1S/C6H8ClN5/c1-8-5-9-4(7)10-6(11-5)12-2-3-12/h2-3H2,1H3,(H,8,9,10,11). The molecule has 2 rings (SSSR count). The van der Waals surface area contributed by atoms with Crippen molar-refractivity contribution in [1.82, 2.24) is 15.0 Å². The number of anilines is 2. The van der Waals surface area contributed by atoms with Gasteiger partial charge in [-0.15, -0.1) is 0 Å². The molecule has 0 amide bonds. The molecule has 0 saturated carbocycles. The molecule has 0 bridgehead atoms. The summed E-state index contributed by atoms with van der Waals surface area (Å²) >= 11 is 5.67. The summed E-state index contributed by atoms with van der Waals surface area (Å²) in [6.07, 6.45) is 0. The highest BCUT2D eigenvalue weighted by Gasteiger charge is 2.21. The molecule has 0 atom stereocenters. The molecule has 5 nitrogen and oxygen atoms in total. The zero-order valence-corrected chi connectivity index (χ0v) is 7.34. The molecule has 0 unspecified atom stereocenters. The summed E-state index contributed by atoms with van der Waals surface area (Å²) in [6.45, 7) is 2.01. The molecule has 1 aliphatic rings. The van der Waals surface area contributed by atoms with Crippen LogP contribution in [-0.2, 0) is 0 Å². The third-order valence-corrected chi connectivity index (χ3v) is 1.72. The molecule has 0 spiro atoms. The van der Waals surface area contributed by atoms with Crippen LogP contribution in [0.2, 0.25) is 5.28 Å². The van der Waals surface area contributed by atoms with Crippen LogP contribution in [0.4, 0.5) is 11.9 Å². The first kappa shape index (κ1) is 7.54. The van der Waals surface area contributed by atoms with Crippen molar-refractivity contribution < 1.29 is 0 Å². The van der Waals surface area contributed by atoms with Gasteiger partial charge in [0.1, 0.15) is 0 Å². The Balaban J connectivity index is 2.34. The Morgan fingerprint density at radius 2 is 2.08 bits per heavy atom. The maximum atomic E-state index is 5.67. The van der Waals surface area contributed by atoms with Crippen LogP contribution in [0, 0.1) is 0 Å². The first-order chi connectivity index (χ1) is 5.79. The van der Waals surface area contributed by atoms with Crippen molar-refractivity contribution in [1.29, 1.82) is 0 Å². The lowest BCUT2D eigenvalue weighted by Gasteiger charge is -2.02. The molecule has 12 heavy (non-hydrogen) atoms. The van der Waals surface area contributed by atoms with Crippen LogP contribution in [0.15, 0.2) is 0 Å². The molecular formula is C6H8ClN5. The van der Waals surface area contributed by atoms with E-state index in [0.29, 0.717) is 11.9 Å². The smallest absolute Gasteiger partial charge is 0.231 e. The second kappa shape index (κ2) is 2.75. The van der Waals surface area contributed by atoms with Gasteiger partial charge >= 0.3 is 0 Å². The molecule has 0 radical (unpaired) electrons. The Bertz CT molecular complexity index is 298. The van der Waals surface area contributed by atoms with E-state index in [1.54, 1.807) is 7.05 Å². The van der Waals surface area contributed by atoms with Crippen molar-refractivity contribution in [2.75, 3.05) is 30.4 Å². The Labute approximate surface area is 74.8 Å². The lowest BCUT2D eigenvalue weighted by atomic mass is 10.8. The predicted octanol–water partition coefficient (Wildman–Crippen LogP) is 0.387. The molecule has 64 valence electrons. The van der Waals surface area contributed by atoms with E-state index >= 15 is 0 Å². The van der Waals surface area contributed by atoms with E-state index in [1.165, 1.54) is 0 Å². The Morgan fingerprint density at radius 1 is 1.33 bits per heavy atom. The number of nitrogens with one attached hydrogen (secondary N) is 1. The highest BCUT2D eigenvalue weighted by Crippen LogP contribution is 2.18. The number of hydrogen-bond acceptors (Lipinski definition) is 5. The average Bonchev–Trinajstić information content (AvgIpc) is 2.85. The fourth-order valence-electron chi connectivity index (χ4n) is 0.843. The molecule has 2 heterocycles. The molecular weight excluding hydrogens is 178 g/mol. The molecule has 6 heteroatoms. The number of rotatable bonds is 2. The van der Waals surface area contributed by atoms with Crippen LogP contribution in [0.5, 0.6) is 0 Å². The minimum Gasteiger partial charge on any atom is -0.357 e. The van der Waals surface area contributed by atoms with Gasteiger partial charge in [-0.25, -0.2) is 0 Å². The van der Waals surface area contributed by atoms with Gasteiger partial charge in [-0.1, -0.05) is 0 Å². The minimum absolute atomic E-state index is 0.233. The van der Waals surface area contributed by atoms with Gasteiger partial charge in [-0.05, 0) is 11.6 Å². The first-order valence-electron chi connectivity index (χ1n) is 3.64. The number of hydrogen-bond donors (Lipinski definition) is 1. The van der Waals surface area contributed by atoms with Crippen LogP contribution in [0.25, 0.3) is 0 Å². The normalized spacial score (nSPS) is 14.7. The van der Waals surface area contributed by atoms with Crippen LogP contribution < -0.4 is 10.2 Å². The highest BCUT2D eigenvalue weighted by molar-refractivity contribution is 6.28. The zero-order valence-electron chi connectivity index (χ0n) is 6.58. The fourth-order valence-corrected chi connectivity index (χ4v) is 0.998. The summed E-state index contributed by atoms with van der Waals surface area (Å²) in [7, 11) is 1.75. The Hall–Kier alpha value is -1.10. The van der Waals surface area contributed by atoms with Gasteiger partial charge < -0.3 is 10.2 Å². The third-order valence-electron chi connectivity index (χ3n) is 1.55. The summed E-state index contributed by atoms with van der Waals surface area (Å²) in [4.78, 5) is 14.0. The van der Waals surface area contributed by atoms with E-state index in [-0.39, 0.29) is 5.28 Å². The van der Waals surface area contributed by atoms with Gasteiger partial charge in [0.25, 0.3) is 0 Å². The molecule has 1 saturated heterocycles. The fraction of sp³-hybridized carbons (Fsp3) is 0.500. The summed E-state index contributed by atoms with van der Waals surface area (Å²) in [5.41, 5.74) is 0. The van der Waals surface area contributed by atoms with Gasteiger partial charge in [-0.2, -0.15) is 15.0 Å². The molecule has 0 aromatic carbocycles. The van der Waals surface area contributed by atoms with E-state index in [4.69, 9.17) is 11.6 Å². The van der Waals surface area contributed by atoms with E-state index in [1.807, 2.05) is 4.90 Å². The highest BCUT2D eigenvalue weighted by atomic mass is 35.5. The second-order valence-corrected chi connectivity index (χ2v) is 2.80. The summed E-state index contributed by atoms with van der Waals surface area (Å²) in [6, 6.07) is 0. The van der Waals surface area contributed by atoms with E-state index in [0.717, 1.165) is 13.1 Å². The first-order valence-corrected chi connectivity index (χ1v) is 4.01. The lowest BCUT2D eigenvalue weighted by molar-refractivity contribution is 1.02. The zero-order chi connectivity index (χ0) is 8.55. The topological polar surface area (TPSA) is 53.7 Å². The number of nitrogens with zero attached hydrogens (tertiary/aromatic N) is 4. The van der Waals surface area contributed by atoms with Crippen molar-refractivity contribution in [3.05, 3.63) is 5.28 Å². The quantitative estimate of drug-likeness (QED) is 0.676. The van der Waals surface area contributed by atoms with E-state index < -0.39 is 0 Å². The monoisotopic (exact) mass is 185 g/mol. The van der Waals surface area contributed by atoms with Gasteiger partial charge in [-0.3, -0.25) is 0 Å². The maximum Gasteiger partial charge on any atom is 0.231 e. The predicted molar refractivity (Wildman–Crippen MR) is 46.6 cm³/mol. The number of aromatic nitrogens is 3. The molecule has 1 N–H and O–H groups in total. The largest absolute Gasteiger partial charge is 0.357 e. The molecule has 0 aliphatic carbocycles. The minimum atomic E-state index is 0.233. The Morgan fingerprint density at radius 3 is 2.67 bits per heavy atom. The summed E-state index contributed by atoms with van der Waals surface area (Å²) < 4.78 is 0. The van der Waals surface area contributed by atoms with Gasteiger partial charge in [0, 0.05) is 20.1 Å². The summed E-state index contributed by atoms with van der Waals surface area (Å²) in [5.74, 6) is 1.16. The van der Waals surface area contributed by atoms with Crippen LogP contribution in [0.3, 0.4) is 0 Å². The molecule has 1 aromatic rings. The van der Waals surface area contributed by atoms with E-state index in [9.17, 15) is 0 Å². The van der Waals surface area contributed by atoms with E-state index in [2.05, 4.69) is 20.3 Å². The third kappa shape index (κ3) is 1.40. The van der Waals surface area contributed by atoms with Gasteiger partial charge in [0.05, 0.1) is 0 Å². The molecule has 1 fully saturated rings. The molecule has 1 aromatic heterocycles. The van der Waals surface area contributed by atoms with Crippen molar-refractivity contribution >= 4 is 23.5 Å². The Kier molecular flexibility index (Phi) is 1.73. The van der Waals surface area contributed by atoms with Crippen molar-refractivity contribution in [3.8, 4) is 0 Å². The van der Waals surface area contributed by atoms with Crippen molar-refractivity contribution in [2.24, 2.45) is 0 Å².